The molecule has 3 atom stereocenters. The van der Waals surface area contributed by atoms with Crippen LogP contribution in [-0.2, 0) is 17.6 Å². The van der Waals surface area contributed by atoms with Crippen LogP contribution in [0, 0.1) is 11.7 Å². The van der Waals surface area contributed by atoms with Gasteiger partial charge in [0.25, 0.3) is 0 Å². The molecule has 2 aliphatic rings. The lowest BCUT2D eigenvalue weighted by atomic mass is 9.73. The molecule has 1 aliphatic heterocycles. The molecule has 2 aromatic rings. The summed E-state index contributed by atoms with van der Waals surface area (Å²) < 4.78 is 20.3. The summed E-state index contributed by atoms with van der Waals surface area (Å²) in [5, 5.41) is 17.4. The number of aliphatic hydroxyl groups is 1. The quantitative estimate of drug-likeness (QED) is 0.468. The number of nitrogens with one attached hydrogen (secondary N) is 2. The van der Waals surface area contributed by atoms with Crippen molar-refractivity contribution in [2.45, 2.75) is 83.1 Å². The molecule has 1 aromatic carbocycles. The third kappa shape index (κ3) is 6.32. The number of amides is 1. The first-order chi connectivity index (χ1) is 16.6. The Kier molecular flexibility index (Phi) is 7.99. The highest BCUT2D eigenvalue weighted by Crippen LogP contribution is 2.48. The molecule has 1 fully saturated rings. The van der Waals surface area contributed by atoms with Gasteiger partial charge in [0, 0.05) is 37.7 Å². The first-order valence-electron chi connectivity index (χ1n) is 12.4. The molecular weight excluding hydrogens is 469 g/mol. The zero-order valence-corrected chi connectivity index (χ0v) is 21.4. The minimum Gasteiger partial charge on any atom is -0.471 e. The molecule has 1 spiro atoms. The largest absolute Gasteiger partial charge is 0.471 e. The molecule has 1 amide bonds. The van der Waals surface area contributed by atoms with Crippen molar-refractivity contribution >= 4 is 17.5 Å². The van der Waals surface area contributed by atoms with E-state index in [1.54, 1.807) is 6.07 Å². The number of carbonyl (C=O) groups excluding carboxylic acids is 1. The second-order valence-electron chi connectivity index (χ2n) is 10.5. The summed E-state index contributed by atoms with van der Waals surface area (Å²) in [6, 6.07) is 6.11. The number of hydrogen-bond acceptors (Lipinski definition) is 5. The Morgan fingerprint density at radius 1 is 1.29 bits per heavy atom. The lowest BCUT2D eigenvalue weighted by Crippen LogP contribution is -2.52. The lowest BCUT2D eigenvalue weighted by molar-refractivity contribution is -0.120. The molecule has 0 saturated heterocycles. The van der Waals surface area contributed by atoms with Crippen LogP contribution in [0.3, 0.4) is 0 Å². The lowest BCUT2D eigenvalue weighted by Gasteiger charge is -2.47. The minimum absolute atomic E-state index is 0.0146. The molecule has 0 bridgehead atoms. The van der Waals surface area contributed by atoms with Gasteiger partial charge in [-0.2, -0.15) is 0 Å². The van der Waals surface area contributed by atoms with Crippen molar-refractivity contribution in [1.82, 2.24) is 15.6 Å². The van der Waals surface area contributed by atoms with E-state index in [4.69, 9.17) is 16.3 Å². The van der Waals surface area contributed by atoms with E-state index >= 15 is 0 Å². The van der Waals surface area contributed by atoms with Crippen molar-refractivity contribution in [3.63, 3.8) is 0 Å². The summed E-state index contributed by atoms with van der Waals surface area (Å²) in [4.78, 5) is 16.5. The first-order valence-corrected chi connectivity index (χ1v) is 12.8. The topological polar surface area (TPSA) is 83.5 Å². The van der Waals surface area contributed by atoms with Gasteiger partial charge in [-0.1, -0.05) is 31.5 Å². The highest BCUT2D eigenvalue weighted by molar-refractivity contribution is 6.30. The molecule has 6 nitrogen and oxygen atoms in total. The molecular formula is C27H35ClFN3O3. The SMILES string of the molecule is CC(=O)N[C@@H](Cc1ccc(Cl)c(F)c1)[C@@H](O)CN[C@H]1CC2(CCC2)Oc2ncc(CC(C)C)cc21. The minimum atomic E-state index is -0.881. The maximum absolute atomic E-state index is 13.9. The fraction of sp³-hybridized carbons (Fsp3) is 0.556. The molecule has 1 saturated carbocycles. The summed E-state index contributed by atoms with van der Waals surface area (Å²) in [6.07, 6.45) is 6.19. The predicted octanol–water partition coefficient (Wildman–Crippen LogP) is 4.52. The molecule has 3 N–H and O–H groups in total. The van der Waals surface area contributed by atoms with Crippen LogP contribution >= 0.6 is 11.6 Å². The van der Waals surface area contributed by atoms with Crippen LogP contribution in [0.4, 0.5) is 4.39 Å². The van der Waals surface area contributed by atoms with E-state index in [0.717, 1.165) is 37.7 Å². The number of fused-ring (bicyclic) bond motifs is 1. The molecule has 0 radical (unpaired) electrons. The van der Waals surface area contributed by atoms with Crippen molar-refractivity contribution < 1.29 is 19.0 Å². The Labute approximate surface area is 211 Å². The number of hydrogen-bond donors (Lipinski definition) is 3. The number of ether oxygens (including phenoxy) is 1. The fourth-order valence-corrected chi connectivity index (χ4v) is 5.21. The highest BCUT2D eigenvalue weighted by Gasteiger charge is 2.46. The van der Waals surface area contributed by atoms with Crippen LogP contribution in [-0.4, -0.2) is 40.3 Å². The average molecular weight is 504 g/mol. The second kappa shape index (κ2) is 10.8. The monoisotopic (exact) mass is 503 g/mol. The van der Waals surface area contributed by atoms with Gasteiger partial charge in [0.1, 0.15) is 11.4 Å². The van der Waals surface area contributed by atoms with E-state index in [0.29, 0.717) is 17.4 Å². The molecule has 35 heavy (non-hydrogen) atoms. The van der Waals surface area contributed by atoms with Crippen LogP contribution in [0.2, 0.25) is 5.02 Å². The Balaban J connectivity index is 1.49. The molecule has 4 rings (SSSR count). The Morgan fingerprint density at radius 3 is 2.69 bits per heavy atom. The maximum atomic E-state index is 13.9. The van der Waals surface area contributed by atoms with Gasteiger partial charge in [0.15, 0.2) is 0 Å². The van der Waals surface area contributed by atoms with Gasteiger partial charge in [0.2, 0.25) is 11.8 Å². The van der Waals surface area contributed by atoms with Gasteiger partial charge in [-0.25, -0.2) is 9.37 Å². The van der Waals surface area contributed by atoms with E-state index in [-0.39, 0.29) is 35.5 Å². The summed E-state index contributed by atoms with van der Waals surface area (Å²) in [5.41, 5.74) is 2.64. The van der Waals surface area contributed by atoms with Crippen LogP contribution in [0.15, 0.2) is 30.5 Å². The predicted molar refractivity (Wildman–Crippen MR) is 134 cm³/mol. The summed E-state index contributed by atoms with van der Waals surface area (Å²) >= 11 is 5.80. The number of carbonyl (C=O) groups is 1. The number of benzene rings is 1. The molecule has 1 aromatic heterocycles. The number of aromatic nitrogens is 1. The van der Waals surface area contributed by atoms with Gasteiger partial charge < -0.3 is 20.5 Å². The third-order valence-electron chi connectivity index (χ3n) is 6.98. The molecule has 8 heteroatoms. The fourth-order valence-electron chi connectivity index (χ4n) is 5.09. The maximum Gasteiger partial charge on any atom is 0.218 e. The summed E-state index contributed by atoms with van der Waals surface area (Å²) in [7, 11) is 0. The second-order valence-corrected chi connectivity index (χ2v) is 10.9. The summed E-state index contributed by atoms with van der Waals surface area (Å²) in [6.45, 7) is 6.03. The van der Waals surface area contributed by atoms with Gasteiger partial charge in [-0.15, -0.1) is 0 Å². The smallest absolute Gasteiger partial charge is 0.218 e. The van der Waals surface area contributed by atoms with Crippen molar-refractivity contribution in [1.29, 1.82) is 0 Å². The highest BCUT2D eigenvalue weighted by atomic mass is 35.5. The first kappa shape index (κ1) is 25.9. The zero-order valence-electron chi connectivity index (χ0n) is 20.6. The molecule has 0 unspecified atom stereocenters. The number of aliphatic hydroxyl groups excluding tert-OH is 1. The number of nitrogens with zero attached hydrogens (tertiary/aromatic N) is 1. The van der Waals surface area contributed by atoms with E-state index in [1.807, 2.05) is 6.20 Å². The van der Waals surface area contributed by atoms with Crippen LogP contribution in [0.5, 0.6) is 5.88 Å². The zero-order chi connectivity index (χ0) is 25.2. The van der Waals surface area contributed by atoms with E-state index < -0.39 is 18.0 Å². The van der Waals surface area contributed by atoms with E-state index in [2.05, 4.69) is 35.5 Å². The van der Waals surface area contributed by atoms with Gasteiger partial charge in [0.05, 0.1) is 17.2 Å². The van der Waals surface area contributed by atoms with Gasteiger partial charge in [-0.3, -0.25) is 4.79 Å². The molecule has 190 valence electrons. The van der Waals surface area contributed by atoms with Gasteiger partial charge in [-0.05, 0) is 67.3 Å². The van der Waals surface area contributed by atoms with E-state index in [9.17, 15) is 14.3 Å². The van der Waals surface area contributed by atoms with E-state index in [1.165, 1.54) is 24.6 Å². The van der Waals surface area contributed by atoms with Crippen molar-refractivity contribution in [2.24, 2.45) is 5.92 Å². The summed E-state index contributed by atoms with van der Waals surface area (Å²) in [5.74, 6) is 0.413. The van der Waals surface area contributed by atoms with Crippen LogP contribution < -0.4 is 15.4 Å². The van der Waals surface area contributed by atoms with Crippen LogP contribution in [0.25, 0.3) is 0 Å². The average Bonchev–Trinajstić information content (AvgIpc) is 2.77. The van der Waals surface area contributed by atoms with Crippen LogP contribution in [0.1, 0.15) is 69.2 Å². The standard InChI is InChI=1S/C27H35ClFN3O3/c1-16(2)9-19-10-20-24(13-27(7-4-8-27)35-26(20)31-14-19)30-15-25(34)23(32-17(3)33)12-18-5-6-21(28)22(29)11-18/h5-6,10-11,14,16,23-25,30,34H,4,7-9,12-13,15H2,1-3H3,(H,32,33)/t23-,24-,25-/m0/s1. The Hall–Kier alpha value is -2.22. The van der Waals surface area contributed by atoms with Gasteiger partial charge >= 0.3 is 0 Å². The number of pyridine rings is 1. The van der Waals surface area contributed by atoms with Crippen molar-refractivity contribution in [2.75, 3.05) is 6.54 Å². The van der Waals surface area contributed by atoms with Crippen molar-refractivity contribution in [3.8, 4) is 5.88 Å². The number of halogens is 2. The Bertz CT molecular complexity index is 1060. The van der Waals surface area contributed by atoms with Crippen molar-refractivity contribution in [3.05, 3.63) is 58.0 Å². The number of rotatable bonds is 9. The molecule has 2 heterocycles. The third-order valence-corrected chi connectivity index (χ3v) is 7.28. The molecule has 1 aliphatic carbocycles. The normalized spacial score (nSPS) is 20.0. The Morgan fingerprint density at radius 2 is 2.06 bits per heavy atom.